The van der Waals surface area contributed by atoms with Gasteiger partial charge in [-0.15, -0.1) is 0 Å². The number of hydrogen-bond acceptors (Lipinski definition) is 8. The summed E-state index contributed by atoms with van der Waals surface area (Å²) in [5.41, 5.74) is 2.31. The fourth-order valence-corrected chi connectivity index (χ4v) is 3.64. The summed E-state index contributed by atoms with van der Waals surface area (Å²) in [6.45, 7) is 2.42. The molecule has 0 saturated heterocycles. The molecule has 3 aromatic heterocycles. The van der Waals surface area contributed by atoms with E-state index in [-0.39, 0.29) is 11.6 Å². The van der Waals surface area contributed by atoms with Gasteiger partial charge in [0, 0.05) is 42.0 Å². The zero-order valence-corrected chi connectivity index (χ0v) is 19.5. The number of pyridine rings is 1. The van der Waals surface area contributed by atoms with E-state index in [0.29, 0.717) is 62.3 Å². The van der Waals surface area contributed by atoms with E-state index >= 15 is 0 Å². The van der Waals surface area contributed by atoms with Crippen molar-refractivity contribution in [2.24, 2.45) is 0 Å². The molecule has 0 radical (unpaired) electrons. The lowest BCUT2D eigenvalue weighted by Gasteiger charge is -2.13. The molecule has 10 heteroatoms. The predicted octanol–water partition coefficient (Wildman–Crippen LogP) is 4.55. The van der Waals surface area contributed by atoms with Gasteiger partial charge in [-0.25, -0.2) is 24.3 Å². The van der Waals surface area contributed by atoms with E-state index in [4.69, 9.17) is 14.2 Å². The summed E-state index contributed by atoms with van der Waals surface area (Å²) in [5, 5.41) is 3.17. The highest BCUT2D eigenvalue weighted by Gasteiger charge is 2.12. The number of ether oxygens (including phenoxy) is 3. The van der Waals surface area contributed by atoms with Crippen molar-refractivity contribution in [1.29, 1.82) is 0 Å². The Kier molecular flexibility index (Phi) is 7.43. The van der Waals surface area contributed by atoms with Crippen molar-refractivity contribution in [2.45, 2.75) is 19.6 Å². The van der Waals surface area contributed by atoms with Crippen molar-refractivity contribution >= 4 is 11.6 Å². The number of nitrogens with zero attached hydrogens (tertiary/aromatic N) is 5. The fraction of sp³-hybridized carbons (Fsp3) is 0.231. The van der Waals surface area contributed by atoms with Crippen LogP contribution in [0.2, 0.25) is 0 Å². The molecule has 0 saturated carbocycles. The molecule has 0 spiro atoms. The lowest BCUT2D eigenvalue weighted by molar-refractivity contribution is 0.148. The molecule has 184 valence electrons. The average Bonchev–Trinajstić information content (AvgIpc) is 3.40. The summed E-state index contributed by atoms with van der Waals surface area (Å²) < 4.78 is 34.1. The van der Waals surface area contributed by atoms with Gasteiger partial charge in [-0.2, -0.15) is 0 Å². The van der Waals surface area contributed by atoms with Crippen LogP contribution in [0.4, 0.5) is 16.0 Å². The van der Waals surface area contributed by atoms with Crippen molar-refractivity contribution in [2.75, 3.05) is 25.1 Å². The van der Waals surface area contributed by atoms with E-state index in [0.717, 1.165) is 11.8 Å². The van der Waals surface area contributed by atoms with Crippen LogP contribution in [0.3, 0.4) is 0 Å². The van der Waals surface area contributed by atoms with Gasteiger partial charge in [0.1, 0.15) is 18.1 Å². The number of hydrogen-bond donors (Lipinski definition) is 1. The van der Waals surface area contributed by atoms with E-state index in [1.165, 1.54) is 0 Å². The maximum atomic E-state index is 14.7. The Balaban J connectivity index is 1.43. The highest BCUT2D eigenvalue weighted by molar-refractivity contribution is 5.64. The predicted molar refractivity (Wildman–Crippen MR) is 132 cm³/mol. The molecule has 4 heterocycles. The number of nitrogens with one attached hydrogen (secondary N) is 1. The van der Waals surface area contributed by atoms with Crippen LogP contribution in [0.25, 0.3) is 11.3 Å². The van der Waals surface area contributed by atoms with Crippen LogP contribution in [-0.2, 0) is 17.9 Å². The zero-order valence-electron chi connectivity index (χ0n) is 19.5. The van der Waals surface area contributed by atoms with Gasteiger partial charge in [0.2, 0.25) is 11.8 Å². The third-order valence-electron chi connectivity index (χ3n) is 5.34. The fourth-order valence-electron chi connectivity index (χ4n) is 3.64. The summed E-state index contributed by atoms with van der Waals surface area (Å²) in [4.78, 5) is 16.8. The van der Waals surface area contributed by atoms with Crippen LogP contribution in [0, 0.1) is 5.82 Å². The molecule has 9 nitrogen and oxygen atoms in total. The number of aromatic nitrogens is 5. The molecule has 0 atom stereocenters. The van der Waals surface area contributed by atoms with Crippen LogP contribution < -0.4 is 14.8 Å². The number of imidazole rings is 1. The molecule has 1 aromatic carbocycles. The van der Waals surface area contributed by atoms with Crippen LogP contribution in [0.5, 0.6) is 11.6 Å². The summed E-state index contributed by atoms with van der Waals surface area (Å²) in [5.74, 6) is 0.774. The lowest BCUT2D eigenvalue weighted by atomic mass is 10.2. The topological polar surface area (TPSA) is 96.2 Å². The monoisotopic (exact) mass is 488 g/mol. The van der Waals surface area contributed by atoms with Crippen molar-refractivity contribution in [3.63, 3.8) is 0 Å². The van der Waals surface area contributed by atoms with Crippen molar-refractivity contribution in [3.8, 4) is 22.9 Å². The number of fused-ring (bicyclic) bond motifs is 7. The number of rotatable bonds is 4. The molecular weight excluding hydrogens is 463 g/mol. The molecule has 0 aliphatic carbocycles. The van der Waals surface area contributed by atoms with E-state index in [1.54, 1.807) is 30.9 Å². The van der Waals surface area contributed by atoms with Gasteiger partial charge in [0.05, 0.1) is 38.9 Å². The smallest absolute Gasteiger partial charge is 0.227 e. The molecular formula is C26H25FN6O3. The summed E-state index contributed by atoms with van der Waals surface area (Å²) in [6.07, 6.45) is 12.7. The standard InChI is InChI=1S/C26H25FN6O3/c27-23-16-30-26-31-21-12-19(13-22(15-21)35-11-8-33-7-6-28-18-33)17-34-9-2-1-3-10-36-24-14-20(4-5-29-24)25(23)32-26/h1-2,4-7,12-16,18H,3,8-11,17H2,(H,30,31,32)/b2-1+. The Bertz CT molecular complexity index is 1330. The first kappa shape index (κ1) is 23.4. The summed E-state index contributed by atoms with van der Waals surface area (Å²) in [7, 11) is 0. The first-order chi connectivity index (χ1) is 17.7. The Labute approximate surface area is 207 Å². The van der Waals surface area contributed by atoms with Gasteiger partial charge in [0.25, 0.3) is 0 Å². The molecule has 4 aromatic rings. The maximum absolute atomic E-state index is 14.7. The molecule has 6 bridgehead atoms. The van der Waals surface area contributed by atoms with Crippen molar-refractivity contribution in [1.82, 2.24) is 24.5 Å². The lowest BCUT2D eigenvalue weighted by Crippen LogP contribution is -2.07. The van der Waals surface area contributed by atoms with Gasteiger partial charge in [-0.1, -0.05) is 12.2 Å². The van der Waals surface area contributed by atoms with Gasteiger partial charge in [-0.3, -0.25) is 0 Å². The van der Waals surface area contributed by atoms with E-state index < -0.39 is 5.82 Å². The van der Waals surface area contributed by atoms with Gasteiger partial charge >= 0.3 is 0 Å². The first-order valence-electron chi connectivity index (χ1n) is 11.6. The molecule has 5 rings (SSSR count). The Morgan fingerprint density at radius 1 is 1.11 bits per heavy atom. The van der Waals surface area contributed by atoms with E-state index in [2.05, 4.69) is 25.3 Å². The minimum absolute atomic E-state index is 0.150. The molecule has 0 fully saturated rings. The van der Waals surface area contributed by atoms with Gasteiger partial charge in [-0.05, 0) is 30.2 Å². The van der Waals surface area contributed by atoms with Crippen molar-refractivity contribution in [3.05, 3.63) is 85.0 Å². The molecule has 0 unspecified atom stereocenters. The summed E-state index contributed by atoms with van der Waals surface area (Å²) >= 11 is 0. The van der Waals surface area contributed by atoms with E-state index in [9.17, 15) is 4.39 Å². The van der Waals surface area contributed by atoms with Crippen LogP contribution in [0.1, 0.15) is 12.0 Å². The molecule has 0 amide bonds. The SMILES string of the molecule is Fc1cnc2nc1-c1ccnc(c1)OCC/C=C/COCc1cc(cc(OCCn3ccnc3)c1)N2. The maximum Gasteiger partial charge on any atom is 0.227 e. The minimum Gasteiger partial charge on any atom is -0.492 e. The van der Waals surface area contributed by atoms with Gasteiger partial charge < -0.3 is 24.1 Å². The Morgan fingerprint density at radius 2 is 2.08 bits per heavy atom. The highest BCUT2D eigenvalue weighted by Crippen LogP contribution is 2.27. The van der Waals surface area contributed by atoms with Crippen LogP contribution in [0.15, 0.2) is 73.6 Å². The Morgan fingerprint density at radius 3 is 3.00 bits per heavy atom. The van der Waals surface area contributed by atoms with Crippen molar-refractivity contribution < 1.29 is 18.6 Å². The molecule has 1 N–H and O–H groups in total. The summed E-state index contributed by atoms with van der Waals surface area (Å²) in [6, 6.07) is 9.06. The van der Waals surface area contributed by atoms with Crippen LogP contribution >= 0.6 is 0 Å². The van der Waals surface area contributed by atoms with Gasteiger partial charge in [0.15, 0.2) is 5.82 Å². The molecule has 1 aliphatic heterocycles. The first-order valence-corrected chi connectivity index (χ1v) is 11.6. The number of benzene rings is 1. The molecule has 36 heavy (non-hydrogen) atoms. The normalized spacial score (nSPS) is 14.6. The van der Waals surface area contributed by atoms with E-state index in [1.807, 2.05) is 41.1 Å². The second-order valence-corrected chi connectivity index (χ2v) is 8.04. The quantitative estimate of drug-likeness (QED) is 0.418. The minimum atomic E-state index is -0.541. The number of halogens is 1. The second kappa shape index (κ2) is 11.4. The largest absolute Gasteiger partial charge is 0.492 e. The Hall–Kier alpha value is -4.31. The number of anilines is 2. The highest BCUT2D eigenvalue weighted by atomic mass is 19.1. The zero-order chi connectivity index (χ0) is 24.6. The molecule has 1 aliphatic rings. The second-order valence-electron chi connectivity index (χ2n) is 8.04. The third-order valence-corrected chi connectivity index (χ3v) is 5.34. The average molecular weight is 489 g/mol. The third kappa shape index (κ3) is 6.22. The van der Waals surface area contributed by atoms with Crippen LogP contribution in [-0.4, -0.2) is 44.3 Å².